The van der Waals surface area contributed by atoms with Crippen molar-refractivity contribution in [2.45, 2.75) is 12.8 Å². The van der Waals surface area contributed by atoms with Crippen LogP contribution in [-0.2, 0) is 11.2 Å². The predicted molar refractivity (Wildman–Crippen MR) is 101 cm³/mol. The van der Waals surface area contributed by atoms with Gasteiger partial charge >= 0.3 is 0 Å². The number of morpholine rings is 1. The number of methoxy groups -OCH3 is 1. The molecular formula is C18H21Cl2N3O2. The zero-order valence-corrected chi connectivity index (χ0v) is 15.7. The summed E-state index contributed by atoms with van der Waals surface area (Å²) in [6.07, 6.45) is 1.53. The van der Waals surface area contributed by atoms with Gasteiger partial charge in [-0.25, -0.2) is 9.97 Å². The van der Waals surface area contributed by atoms with E-state index >= 15 is 0 Å². The Morgan fingerprint density at radius 3 is 2.68 bits per heavy atom. The Morgan fingerprint density at radius 2 is 1.96 bits per heavy atom. The zero-order chi connectivity index (χ0) is 17.6. The first kappa shape index (κ1) is 18.2. The van der Waals surface area contributed by atoms with Crippen LogP contribution in [0.4, 0.5) is 5.95 Å². The molecule has 134 valence electrons. The molecule has 0 atom stereocenters. The average Bonchev–Trinajstić information content (AvgIpc) is 2.67. The van der Waals surface area contributed by atoms with Crippen LogP contribution in [0.5, 0.6) is 5.75 Å². The van der Waals surface area contributed by atoms with Crippen molar-refractivity contribution in [2.75, 3.05) is 44.2 Å². The number of aromatic nitrogens is 2. The normalized spacial score (nSPS) is 14.6. The first-order valence-electron chi connectivity index (χ1n) is 8.33. The number of rotatable bonds is 6. The van der Waals surface area contributed by atoms with E-state index < -0.39 is 0 Å². The highest BCUT2D eigenvalue weighted by Crippen LogP contribution is 2.35. The molecule has 0 saturated carbocycles. The highest BCUT2D eigenvalue weighted by atomic mass is 35.5. The Bertz CT molecular complexity index is 721. The summed E-state index contributed by atoms with van der Waals surface area (Å²) >= 11 is 12.4. The van der Waals surface area contributed by atoms with Crippen LogP contribution in [0.15, 0.2) is 24.3 Å². The van der Waals surface area contributed by atoms with Crippen molar-refractivity contribution in [3.63, 3.8) is 0 Å². The maximum atomic E-state index is 6.54. The van der Waals surface area contributed by atoms with Crippen LogP contribution in [-0.4, -0.2) is 49.3 Å². The lowest BCUT2D eigenvalue weighted by molar-refractivity contribution is 0.122. The number of nitrogens with zero attached hydrogens (tertiary/aromatic N) is 3. The first-order valence-corrected chi connectivity index (χ1v) is 9.24. The lowest BCUT2D eigenvalue weighted by atomic mass is 10.0. The summed E-state index contributed by atoms with van der Waals surface area (Å²) in [5, 5.41) is 0.475. The van der Waals surface area contributed by atoms with Crippen molar-refractivity contribution in [1.29, 1.82) is 0 Å². The molecule has 0 amide bonds. The van der Waals surface area contributed by atoms with Crippen LogP contribution in [0.25, 0.3) is 11.3 Å². The summed E-state index contributed by atoms with van der Waals surface area (Å²) in [5.74, 6) is 1.95. The molecule has 0 unspecified atom stereocenters. The Labute approximate surface area is 157 Å². The Morgan fingerprint density at radius 1 is 1.20 bits per heavy atom. The van der Waals surface area contributed by atoms with Gasteiger partial charge in [-0.2, -0.15) is 0 Å². The van der Waals surface area contributed by atoms with Crippen LogP contribution in [0.1, 0.15) is 12.0 Å². The third kappa shape index (κ3) is 4.17. The van der Waals surface area contributed by atoms with E-state index in [1.165, 1.54) is 0 Å². The highest BCUT2D eigenvalue weighted by molar-refractivity contribution is 6.30. The van der Waals surface area contributed by atoms with E-state index in [1.807, 2.05) is 24.3 Å². The average molecular weight is 382 g/mol. The molecule has 1 aliphatic rings. The van der Waals surface area contributed by atoms with E-state index in [1.54, 1.807) is 7.11 Å². The summed E-state index contributed by atoms with van der Waals surface area (Å²) in [7, 11) is 1.66. The minimum absolute atomic E-state index is 0.475. The maximum Gasteiger partial charge on any atom is 0.227 e. The zero-order valence-electron chi connectivity index (χ0n) is 14.2. The molecule has 2 heterocycles. The summed E-state index contributed by atoms with van der Waals surface area (Å²) in [6.45, 7) is 2.84. The summed E-state index contributed by atoms with van der Waals surface area (Å²) in [6, 6.07) is 7.82. The van der Waals surface area contributed by atoms with E-state index in [9.17, 15) is 0 Å². The van der Waals surface area contributed by atoms with E-state index in [-0.39, 0.29) is 0 Å². The van der Waals surface area contributed by atoms with Crippen LogP contribution < -0.4 is 9.64 Å². The largest absolute Gasteiger partial charge is 0.496 e. The molecule has 1 fully saturated rings. The molecule has 0 radical (unpaired) electrons. The van der Waals surface area contributed by atoms with Crippen molar-refractivity contribution in [3.8, 4) is 17.0 Å². The molecule has 1 aromatic heterocycles. The van der Waals surface area contributed by atoms with E-state index in [2.05, 4.69) is 9.88 Å². The van der Waals surface area contributed by atoms with Crippen LogP contribution in [0, 0.1) is 0 Å². The van der Waals surface area contributed by atoms with Crippen LogP contribution in [0.2, 0.25) is 5.15 Å². The number of ether oxygens (including phenoxy) is 2. The van der Waals surface area contributed by atoms with Crippen LogP contribution >= 0.6 is 23.2 Å². The lowest BCUT2D eigenvalue weighted by Gasteiger charge is -2.27. The number of anilines is 1. The number of halogens is 2. The van der Waals surface area contributed by atoms with Gasteiger partial charge < -0.3 is 14.4 Å². The number of alkyl halides is 1. The van der Waals surface area contributed by atoms with Gasteiger partial charge in [0.15, 0.2) is 0 Å². The molecule has 1 aromatic carbocycles. The molecule has 1 saturated heterocycles. The molecule has 7 heteroatoms. The van der Waals surface area contributed by atoms with E-state index in [4.69, 9.17) is 37.7 Å². The highest BCUT2D eigenvalue weighted by Gasteiger charge is 2.21. The fourth-order valence-electron chi connectivity index (χ4n) is 2.88. The summed E-state index contributed by atoms with van der Waals surface area (Å²) < 4.78 is 10.9. The van der Waals surface area contributed by atoms with Gasteiger partial charge in [-0.3, -0.25) is 0 Å². The van der Waals surface area contributed by atoms with E-state index in [0.29, 0.717) is 30.2 Å². The van der Waals surface area contributed by atoms with Crippen molar-refractivity contribution in [1.82, 2.24) is 9.97 Å². The minimum Gasteiger partial charge on any atom is -0.496 e. The molecule has 1 aliphatic heterocycles. The Balaban J connectivity index is 2.09. The third-order valence-corrected chi connectivity index (χ3v) is 4.74. The third-order valence-electron chi connectivity index (χ3n) is 4.16. The fraction of sp³-hybridized carbons (Fsp3) is 0.444. The van der Waals surface area contributed by atoms with Crippen LogP contribution in [0.3, 0.4) is 0 Å². The second-order valence-corrected chi connectivity index (χ2v) is 6.47. The second-order valence-electron chi connectivity index (χ2n) is 5.73. The lowest BCUT2D eigenvalue weighted by Crippen LogP contribution is -2.37. The van der Waals surface area contributed by atoms with Gasteiger partial charge in [-0.1, -0.05) is 23.7 Å². The monoisotopic (exact) mass is 381 g/mol. The number of benzene rings is 1. The van der Waals surface area contributed by atoms with Crippen molar-refractivity contribution < 1.29 is 9.47 Å². The molecule has 0 N–H and O–H groups in total. The van der Waals surface area contributed by atoms with Gasteiger partial charge in [-0.15, -0.1) is 11.6 Å². The van der Waals surface area contributed by atoms with E-state index in [0.717, 1.165) is 48.5 Å². The molecule has 3 rings (SSSR count). The molecular weight excluding hydrogens is 361 g/mol. The number of hydrogen-bond donors (Lipinski definition) is 0. The first-order chi connectivity index (χ1) is 12.2. The summed E-state index contributed by atoms with van der Waals surface area (Å²) in [4.78, 5) is 11.5. The SMILES string of the molecule is COc1ccccc1-c1nc(N2CCOCC2)nc(Cl)c1CCCCl. The number of para-hydroxylation sites is 1. The maximum absolute atomic E-state index is 6.54. The van der Waals surface area contributed by atoms with Gasteiger partial charge in [0.05, 0.1) is 26.0 Å². The predicted octanol–water partition coefficient (Wildman–Crippen LogP) is 3.81. The molecule has 5 nitrogen and oxygen atoms in total. The van der Waals surface area contributed by atoms with Crippen molar-refractivity contribution in [3.05, 3.63) is 35.0 Å². The molecule has 2 aromatic rings. The fourth-order valence-corrected chi connectivity index (χ4v) is 3.27. The molecule has 0 bridgehead atoms. The molecule has 25 heavy (non-hydrogen) atoms. The van der Waals surface area contributed by atoms with Gasteiger partial charge in [0.25, 0.3) is 0 Å². The van der Waals surface area contributed by atoms with Gasteiger partial charge in [0.2, 0.25) is 5.95 Å². The Hall–Kier alpha value is -1.56. The van der Waals surface area contributed by atoms with Crippen molar-refractivity contribution >= 4 is 29.2 Å². The topological polar surface area (TPSA) is 47.5 Å². The standard InChI is InChI=1S/C18H21Cl2N3O2/c1-24-15-7-3-2-5-13(15)16-14(6-4-8-19)17(20)22-18(21-16)23-9-11-25-12-10-23/h2-3,5,7H,4,6,8-12H2,1H3. The molecule has 0 aliphatic carbocycles. The minimum atomic E-state index is 0.475. The summed E-state index contributed by atoms with van der Waals surface area (Å²) in [5.41, 5.74) is 2.63. The number of hydrogen-bond acceptors (Lipinski definition) is 5. The van der Waals surface area contributed by atoms with Gasteiger partial charge in [0, 0.05) is 30.1 Å². The Kier molecular flexibility index (Phi) is 6.34. The quantitative estimate of drug-likeness (QED) is 0.562. The smallest absolute Gasteiger partial charge is 0.227 e. The second kappa shape index (κ2) is 8.70. The molecule has 0 spiro atoms. The van der Waals surface area contributed by atoms with Crippen molar-refractivity contribution in [2.24, 2.45) is 0 Å². The van der Waals surface area contributed by atoms with Gasteiger partial charge in [0.1, 0.15) is 10.9 Å². The van der Waals surface area contributed by atoms with Gasteiger partial charge in [-0.05, 0) is 25.0 Å².